The summed E-state index contributed by atoms with van der Waals surface area (Å²) in [5.41, 5.74) is 1.41. The monoisotopic (exact) mass is 732 g/mol. The maximum atomic E-state index is 11.2. The highest BCUT2D eigenvalue weighted by atomic mass is 14.5. The maximum Gasteiger partial charge on any atom is 0.101 e. The summed E-state index contributed by atoms with van der Waals surface area (Å²) in [6.07, 6.45) is 0. The minimum atomic E-state index is -0.158. The van der Waals surface area contributed by atoms with Gasteiger partial charge in [0.1, 0.15) is 60.7 Å². The molecule has 0 bridgehead atoms. The third-order valence-electron chi connectivity index (χ3n) is 9.89. The zero-order valence-electron chi connectivity index (χ0n) is 29.7. The summed E-state index contributed by atoms with van der Waals surface area (Å²) in [4.78, 5) is 0. The number of allylic oxidation sites excluding steroid dienone is 8. The molecule has 0 radical (unpaired) electrons. The van der Waals surface area contributed by atoms with Gasteiger partial charge in [0.2, 0.25) is 0 Å². The number of rotatable bonds is 4. The van der Waals surface area contributed by atoms with Crippen LogP contribution in [0.15, 0.2) is 97.1 Å². The molecule has 7 rings (SSSR count). The summed E-state index contributed by atoms with van der Waals surface area (Å²) in [6, 6.07) is 46.8. The number of hydrogen-bond donors (Lipinski definition) is 0. The second kappa shape index (κ2) is 14.8. The lowest BCUT2D eigenvalue weighted by Crippen LogP contribution is -2.05. The van der Waals surface area contributed by atoms with Crippen molar-refractivity contribution in [1.82, 2.24) is 0 Å². The highest BCUT2D eigenvalue weighted by molar-refractivity contribution is 6.36. The zero-order valence-corrected chi connectivity index (χ0v) is 29.7. The Labute approximate surface area is 331 Å². The lowest BCUT2D eigenvalue weighted by molar-refractivity contribution is 1.38. The van der Waals surface area contributed by atoms with Crippen LogP contribution >= 0.6 is 0 Å². The molecule has 5 aromatic rings. The average molecular weight is 733 g/mol. The van der Waals surface area contributed by atoms with Crippen molar-refractivity contribution < 1.29 is 0 Å². The van der Waals surface area contributed by atoms with Gasteiger partial charge in [-0.2, -0.15) is 52.6 Å². The standard InChI is InChI=1S/C48H16N10/c49-17-31-13-11-29(15-33(31)19-51)35(21-53)45-41(27-7-3-1-4-8-27)37(23-55)43-39(25-57)48-44(40(26-58)47(43)45)38(24-56)42(28-9-5-2-6-10-28)46(48)36(22-54)30-12-14-32(18-50)34(16-30)20-52/h1-16H/b45-35+,46-36+. The van der Waals surface area contributed by atoms with E-state index in [0.29, 0.717) is 11.1 Å². The van der Waals surface area contributed by atoms with Crippen LogP contribution in [0.2, 0.25) is 0 Å². The Balaban J connectivity index is 1.76. The summed E-state index contributed by atoms with van der Waals surface area (Å²) in [5, 5.41) is 105. The Morgan fingerprint density at radius 1 is 0.345 bits per heavy atom. The first-order valence-corrected chi connectivity index (χ1v) is 17.0. The van der Waals surface area contributed by atoms with Crippen LogP contribution in [0, 0.1) is 113 Å². The van der Waals surface area contributed by atoms with Gasteiger partial charge in [-0.05, 0) is 46.5 Å². The molecule has 2 aliphatic rings. The summed E-state index contributed by atoms with van der Waals surface area (Å²) in [6.45, 7) is 0. The predicted octanol–water partition coefficient (Wildman–Crippen LogP) is 8.68. The first-order chi connectivity index (χ1) is 28.4. The normalized spacial score (nSPS) is 13.6. The van der Waals surface area contributed by atoms with Crippen molar-refractivity contribution in [3.05, 3.63) is 175 Å². The molecule has 0 aliphatic heterocycles. The van der Waals surface area contributed by atoms with Crippen molar-refractivity contribution in [2.75, 3.05) is 0 Å². The maximum absolute atomic E-state index is 11.2. The number of nitriles is 10. The molecule has 0 aromatic heterocycles. The second-order valence-electron chi connectivity index (χ2n) is 12.6. The first-order valence-electron chi connectivity index (χ1n) is 17.0. The van der Waals surface area contributed by atoms with Gasteiger partial charge in [0, 0.05) is 44.5 Å². The van der Waals surface area contributed by atoms with E-state index in [1.807, 2.05) is 24.3 Å². The molecule has 10 heteroatoms. The molecule has 258 valence electrons. The van der Waals surface area contributed by atoms with Crippen LogP contribution < -0.4 is 0 Å². The SMILES string of the molecule is N#CC1=C(c2ccccc2)/C(=C(/C#N)c2ccc(C#N)c(C#N)c2)c2c(C#N)c3c(c(C#N)c21)/C(=C(\C#N)c1ccc(C#N)c(C#N)c1)C(c1ccccc1)=C3C#N. The Morgan fingerprint density at radius 3 is 1.00 bits per heavy atom. The van der Waals surface area contributed by atoms with Gasteiger partial charge in [-0.3, -0.25) is 0 Å². The Morgan fingerprint density at radius 2 is 0.707 bits per heavy atom. The van der Waals surface area contributed by atoms with Gasteiger partial charge in [0.25, 0.3) is 0 Å². The molecule has 0 N–H and O–H groups in total. The van der Waals surface area contributed by atoms with Crippen LogP contribution in [0.1, 0.15) is 77.9 Å². The molecule has 58 heavy (non-hydrogen) atoms. The van der Waals surface area contributed by atoms with Crippen molar-refractivity contribution in [1.29, 1.82) is 52.6 Å². The van der Waals surface area contributed by atoms with Crippen molar-refractivity contribution in [3.8, 4) is 60.7 Å². The first kappa shape index (κ1) is 36.3. The predicted molar refractivity (Wildman–Crippen MR) is 210 cm³/mol. The molecular formula is C48H16N10. The van der Waals surface area contributed by atoms with E-state index < -0.39 is 0 Å². The molecule has 0 spiro atoms. The fraction of sp³-hybridized carbons (Fsp3) is 0. The molecule has 0 heterocycles. The van der Waals surface area contributed by atoms with E-state index in [0.717, 1.165) is 0 Å². The van der Waals surface area contributed by atoms with E-state index in [4.69, 9.17) is 0 Å². The van der Waals surface area contributed by atoms with Gasteiger partial charge < -0.3 is 0 Å². The second-order valence-corrected chi connectivity index (χ2v) is 12.6. The Hall–Kier alpha value is -10.0. The fourth-order valence-corrected chi connectivity index (χ4v) is 7.54. The molecule has 5 aromatic carbocycles. The van der Waals surface area contributed by atoms with E-state index in [1.54, 1.807) is 60.7 Å². The third-order valence-corrected chi connectivity index (χ3v) is 9.89. The topological polar surface area (TPSA) is 238 Å². The molecular weight excluding hydrogens is 717 g/mol. The van der Waals surface area contributed by atoms with E-state index in [1.165, 1.54) is 36.4 Å². The minimum Gasteiger partial charge on any atom is -0.192 e. The molecule has 0 saturated heterocycles. The zero-order chi connectivity index (χ0) is 41.1. The average Bonchev–Trinajstić information content (AvgIpc) is 3.79. The largest absolute Gasteiger partial charge is 0.192 e. The summed E-state index contributed by atoms with van der Waals surface area (Å²) in [7, 11) is 0. The van der Waals surface area contributed by atoms with Gasteiger partial charge in [-0.15, -0.1) is 0 Å². The van der Waals surface area contributed by atoms with Crippen LogP contribution in [0.5, 0.6) is 0 Å². The minimum absolute atomic E-state index is 0.00464. The number of hydrogen-bond acceptors (Lipinski definition) is 10. The smallest absolute Gasteiger partial charge is 0.101 e. The quantitative estimate of drug-likeness (QED) is 0.159. The summed E-state index contributed by atoms with van der Waals surface area (Å²) in [5.74, 6) is 0. The fourth-order valence-electron chi connectivity index (χ4n) is 7.54. The van der Waals surface area contributed by atoms with Crippen LogP contribution in [0.4, 0.5) is 0 Å². The molecule has 10 nitrogen and oxygen atoms in total. The number of benzene rings is 5. The summed E-state index contributed by atoms with van der Waals surface area (Å²) >= 11 is 0. The lowest BCUT2D eigenvalue weighted by atomic mass is 9.81. The molecule has 0 amide bonds. The van der Waals surface area contributed by atoms with Crippen LogP contribution in [0.25, 0.3) is 44.6 Å². The van der Waals surface area contributed by atoms with E-state index in [-0.39, 0.29) is 111 Å². The highest BCUT2D eigenvalue weighted by Gasteiger charge is 2.43. The van der Waals surface area contributed by atoms with Crippen molar-refractivity contribution in [2.45, 2.75) is 0 Å². The lowest BCUT2D eigenvalue weighted by Gasteiger charge is -2.18. The van der Waals surface area contributed by atoms with Crippen molar-refractivity contribution in [3.63, 3.8) is 0 Å². The van der Waals surface area contributed by atoms with Crippen molar-refractivity contribution >= 4 is 44.6 Å². The third kappa shape index (κ3) is 5.34. The van der Waals surface area contributed by atoms with Crippen molar-refractivity contribution in [2.24, 2.45) is 0 Å². The van der Waals surface area contributed by atoms with Crippen LogP contribution in [0.3, 0.4) is 0 Å². The number of fused-ring (bicyclic) bond motifs is 2. The van der Waals surface area contributed by atoms with E-state index in [9.17, 15) is 52.6 Å². The van der Waals surface area contributed by atoms with Gasteiger partial charge in [-0.1, -0.05) is 72.8 Å². The highest BCUT2D eigenvalue weighted by Crippen LogP contribution is 2.59. The van der Waals surface area contributed by atoms with E-state index >= 15 is 0 Å². The van der Waals surface area contributed by atoms with Gasteiger partial charge in [-0.25, -0.2) is 0 Å². The van der Waals surface area contributed by atoms with Gasteiger partial charge in [0.05, 0.1) is 55.7 Å². The van der Waals surface area contributed by atoms with Gasteiger partial charge >= 0.3 is 0 Å². The van der Waals surface area contributed by atoms with E-state index in [2.05, 4.69) is 36.4 Å². The molecule has 0 saturated carbocycles. The van der Waals surface area contributed by atoms with Gasteiger partial charge in [0.15, 0.2) is 0 Å². The molecule has 2 aliphatic carbocycles. The molecule has 0 fully saturated rings. The molecule has 0 unspecified atom stereocenters. The molecule has 0 atom stereocenters. The Bertz CT molecular complexity index is 3080. The number of nitrogens with zero attached hydrogens (tertiary/aromatic N) is 10. The summed E-state index contributed by atoms with van der Waals surface area (Å²) < 4.78 is 0. The van der Waals surface area contributed by atoms with Crippen LogP contribution in [-0.2, 0) is 0 Å². The Kier molecular flexibility index (Phi) is 9.25. The van der Waals surface area contributed by atoms with Crippen LogP contribution in [-0.4, -0.2) is 0 Å².